The van der Waals surface area contributed by atoms with Crippen molar-refractivity contribution in [1.29, 1.82) is 0 Å². The maximum absolute atomic E-state index is 11.9. The highest BCUT2D eigenvalue weighted by Gasteiger charge is 2.23. The van der Waals surface area contributed by atoms with E-state index in [4.69, 9.17) is 4.74 Å². The van der Waals surface area contributed by atoms with Crippen LogP contribution >= 0.6 is 0 Å². The molecule has 6 nitrogen and oxygen atoms in total. The van der Waals surface area contributed by atoms with E-state index in [0.717, 1.165) is 30.7 Å². The molecule has 2 rings (SSSR count). The molecule has 0 radical (unpaired) electrons. The first-order valence-electron chi connectivity index (χ1n) is 7.57. The number of hydrogen-bond donors (Lipinski definition) is 3. The van der Waals surface area contributed by atoms with Gasteiger partial charge >= 0.3 is 6.03 Å². The van der Waals surface area contributed by atoms with Gasteiger partial charge in [-0.15, -0.1) is 0 Å². The minimum absolute atomic E-state index is 0.00628. The molecule has 22 heavy (non-hydrogen) atoms. The number of carbonyl (C=O) groups is 2. The first-order valence-corrected chi connectivity index (χ1v) is 7.57. The predicted molar refractivity (Wildman–Crippen MR) is 84.6 cm³/mol. The average molecular weight is 305 g/mol. The third kappa shape index (κ3) is 5.04. The van der Waals surface area contributed by atoms with E-state index in [9.17, 15) is 9.59 Å². The maximum Gasteiger partial charge on any atom is 0.315 e. The zero-order chi connectivity index (χ0) is 15.9. The first-order chi connectivity index (χ1) is 10.5. The summed E-state index contributed by atoms with van der Waals surface area (Å²) in [5, 5.41) is 8.43. The van der Waals surface area contributed by atoms with Crippen molar-refractivity contribution >= 4 is 17.6 Å². The maximum atomic E-state index is 11.9. The Morgan fingerprint density at radius 2 is 2.23 bits per heavy atom. The molecule has 0 saturated carbocycles. The van der Waals surface area contributed by atoms with E-state index < -0.39 is 0 Å². The smallest absolute Gasteiger partial charge is 0.315 e. The lowest BCUT2D eigenvalue weighted by Gasteiger charge is -2.20. The Kier molecular flexibility index (Phi) is 5.77. The average Bonchev–Trinajstić information content (AvgIpc) is 2.99. The summed E-state index contributed by atoms with van der Waals surface area (Å²) in [7, 11) is 0. The monoisotopic (exact) mass is 305 g/mol. The molecule has 120 valence electrons. The minimum Gasteiger partial charge on any atom is -0.376 e. The molecule has 3 amide bonds. The molecule has 1 aliphatic rings. The Labute approximate surface area is 130 Å². The number of rotatable bonds is 5. The Balaban J connectivity index is 1.79. The van der Waals surface area contributed by atoms with Crippen LogP contribution in [-0.4, -0.2) is 30.7 Å². The lowest BCUT2D eigenvalue weighted by Crippen LogP contribution is -2.45. The number of benzene rings is 1. The zero-order valence-corrected chi connectivity index (χ0v) is 13.0. The zero-order valence-electron chi connectivity index (χ0n) is 13.0. The molecule has 1 aliphatic heterocycles. The number of carbonyl (C=O) groups excluding carboxylic acids is 2. The van der Waals surface area contributed by atoms with E-state index in [2.05, 4.69) is 16.0 Å². The molecule has 1 heterocycles. The van der Waals surface area contributed by atoms with Crippen molar-refractivity contribution in [2.45, 2.75) is 45.4 Å². The van der Waals surface area contributed by atoms with Crippen molar-refractivity contribution in [2.75, 3.05) is 11.9 Å². The summed E-state index contributed by atoms with van der Waals surface area (Å²) in [6.07, 6.45) is 2.14. The summed E-state index contributed by atoms with van der Waals surface area (Å²) in [4.78, 5) is 22.9. The number of nitrogens with one attached hydrogen (secondary N) is 3. The van der Waals surface area contributed by atoms with E-state index in [-0.39, 0.29) is 24.1 Å². The first kappa shape index (κ1) is 16.3. The number of hydrogen-bond acceptors (Lipinski definition) is 3. The third-order valence-corrected chi connectivity index (χ3v) is 3.58. The molecular weight excluding hydrogens is 282 g/mol. The van der Waals surface area contributed by atoms with E-state index in [1.807, 2.05) is 31.2 Å². The van der Waals surface area contributed by atoms with Gasteiger partial charge in [0, 0.05) is 25.8 Å². The summed E-state index contributed by atoms with van der Waals surface area (Å²) < 4.78 is 5.55. The molecule has 1 fully saturated rings. The summed E-state index contributed by atoms with van der Waals surface area (Å²) in [6.45, 7) is 4.59. The molecule has 0 spiro atoms. The number of anilines is 1. The SMILES string of the molecule is CC(=O)Nc1cccc(CNC(=O)N[C@@H](C)[C@@H]2CCCO2)c1. The van der Waals surface area contributed by atoms with Crippen LogP contribution in [0.2, 0.25) is 0 Å². The van der Waals surface area contributed by atoms with Crippen LogP contribution in [0.1, 0.15) is 32.3 Å². The van der Waals surface area contributed by atoms with Gasteiger partial charge in [0.05, 0.1) is 12.1 Å². The fourth-order valence-corrected chi connectivity index (χ4v) is 2.49. The number of amides is 3. The summed E-state index contributed by atoms with van der Waals surface area (Å²) in [5.74, 6) is -0.117. The van der Waals surface area contributed by atoms with Gasteiger partial charge in [-0.05, 0) is 37.5 Å². The second-order valence-electron chi connectivity index (χ2n) is 5.55. The molecular formula is C16H23N3O3. The standard InChI is InChI=1S/C16H23N3O3/c1-11(15-7-4-8-22-15)18-16(21)17-10-13-5-3-6-14(9-13)19-12(2)20/h3,5-6,9,11,15H,4,7-8,10H2,1-2H3,(H,19,20)(H2,17,18,21)/t11-,15-/m0/s1. The summed E-state index contributed by atoms with van der Waals surface area (Å²) in [5.41, 5.74) is 1.64. The van der Waals surface area contributed by atoms with Gasteiger partial charge in [-0.1, -0.05) is 12.1 Å². The molecule has 1 aromatic carbocycles. The molecule has 2 atom stereocenters. The van der Waals surface area contributed by atoms with Crippen LogP contribution < -0.4 is 16.0 Å². The molecule has 1 saturated heterocycles. The normalized spacial score (nSPS) is 18.5. The fourth-order valence-electron chi connectivity index (χ4n) is 2.49. The van der Waals surface area contributed by atoms with Gasteiger partial charge in [0.25, 0.3) is 0 Å². The van der Waals surface area contributed by atoms with E-state index in [0.29, 0.717) is 6.54 Å². The van der Waals surface area contributed by atoms with Crippen LogP contribution in [0.25, 0.3) is 0 Å². The van der Waals surface area contributed by atoms with Crippen molar-refractivity contribution in [3.05, 3.63) is 29.8 Å². The van der Waals surface area contributed by atoms with Gasteiger partial charge in [-0.3, -0.25) is 4.79 Å². The van der Waals surface area contributed by atoms with Gasteiger partial charge in [-0.2, -0.15) is 0 Å². The number of urea groups is 1. The lowest BCUT2D eigenvalue weighted by atomic mass is 10.1. The van der Waals surface area contributed by atoms with Gasteiger partial charge in [0.15, 0.2) is 0 Å². The van der Waals surface area contributed by atoms with Crippen molar-refractivity contribution in [1.82, 2.24) is 10.6 Å². The molecule has 0 aromatic heterocycles. The third-order valence-electron chi connectivity index (χ3n) is 3.58. The molecule has 6 heteroatoms. The second-order valence-corrected chi connectivity index (χ2v) is 5.55. The largest absolute Gasteiger partial charge is 0.376 e. The van der Waals surface area contributed by atoms with Gasteiger partial charge in [0.2, 0.25) is 5.91 Å². The van der Waals surface area contributed by atoms with Crippen molar-refractivity contribution < 1.29 is 14.3 Å². The highest BCUT2D eigenvalue weighted by molar-refractivity contribution is 5.88. The van der Waals surface area contributed by atoms with Crippen LogP contribution in [0, 0.1) is 0 Å². The molecule has 1 aromatic rings. The minimum atomic E-state index is -0.215. The predicted octanol–water partition coefficient (Wildman–Crippen LogP) is 2.01. The van der Waals surface area contributed by atoms with Crippen molar-refractivity contribution in [3.63, 3.8) is 0 Å². The van der Waals surface area contributed by atoms with Crippen molar-refractivity contribution in [2.24, 2.45) is 0 Å². The quantitative estimate of drug-likeness (QED) is 0.778. The molecule has 0 bridgehead atoms. The fraction of sp³-hybridized carbons (Fsp3) is 0.500. The molecule has 0 aliphatic carbocycles. The van der Waals surface area contributed by atoms with Gasteiger partial charge in [0.1, 0.15) is 0 Å². The van der Waals surface area contributed by atoms with Crippen LogP contribution in [0.4, 0.5) is 10.5 Å². The molecule has 0 unspecified atom stereocenters. The lowest BCUT2D eigenvalue weighted by molar-refractivity contribution is -0.114. The van der Waals surface area contributed by atoms with Crippen LogP contribution in [0.15, 0.2) is 24.3 Å². The summed E-state index contributed by atoms with van der Waals surface area (Å²) >= 11 is 0. The topological polar surface area (TPSA) is 79.5 Å². The van der Waals surface area contributed by atoms with E-state index in [1.165, 1.54) is 6.92 Å². The second kappa shape index (κ2) is 7.79. The Morgan fingerprint density at radius 3 is 2.91 bits per heavy atom. The highest BCUT2D eigenvalue weighted by atomic mass is 16.5. The van der Waals surface area contributed by atoms with Gasteiger partial charge < -0.3 is 20.7 Å². The van der Waals surface area contributed by atoms with Gasteiger partial charge in [-0.25, -0.2) is 4.79 Å². The van der Waals surface area contributed by atoms with Crippen LogP contribution in [-0.2, 0) is 16.1 Å². The number of ether oxygens (including phenoxy) is 1. The Morgan fingerprint density at radius 1 is 1.41 bits per heavy atom. The van der Waals surface area contributed by atoms with Crippen LogP contribution in [0.3, 0.4) is 0 Å². The highest BCUT2D eigenvalue weighted by Crippen LogP contribution is 2.15. The molecule has 3 N–H and O–H groups in total. The van der Waals surface area contributed by atoms with Crippen molar-refractivity contribution in [3.8, 4) is 0 Å². The summed E-state index contributed by atoms with van der Waals surface area (Å²) in [6, 6.07) is 7.17. The van der Waals surface area contributed by atoms with Crippen LogP contribution in [0.5, 0.6) is 0 Å². The van der Waals surface area contributed by atoms with E-state index in [1.54, 1.807) is 0 Å². The Bertz CT molecular complexity index is 527. The van der Waals surface area contributed by atoms with E-state index >= 15 is 0 Å². The Hall–Kier alpha value is -2.08.